The third kappa shape index (κ3) is 4.31. The summed E-state index contributed by atoms with van der Waals surface area (Å²) < 4.78 is 19.0. The van der Waals surface area contributed by atoms with Crippen molar-refractivity contribution >= 4 is 29.1 Å². The van der Waals surface area contributed by atoms with E-state index in [1.165, 1.54) is 24.0 Å². The number of allylic oxidation sites excluding steroid dienone is 1. The first-order valence-electron chi connectivity index (χ1n) is 13.6. The number of furan rings is 1. The molecule has 3 aromatic carbocycles. The molecular formula is C34H26N2O5S. The van der Waals surface area contributed by atoms with E-state index in [0.29, 0.717) is 26.4 Å². The van der Waals surface area contributed by atoms with Crippen LogP contribution in [0.15, 0.2) is 105 Å². The van der Waals surface area contributed by atoms with Crippen LogP contribution in [0.1, 0.15) is 45.3 Å². The number of nitrogens with zero attached hydrogens (tertiary/aromatic N) is 2. The van der Waals surface area contributed by atoms with E-state index in [2.05, 4.69) is 18.2 Å². The van der Waals surface area contributed by atoms with Crippen molar-refractivity contribution in [1.29, 1.82) is 0 Å². The van der Waals surface area contributed by atoms with Crippen LogP contribution < -0.4 is 19.6 Å². The van der Waals surface area contributed by atoms with Gasteiger partial charge in [-0.05, 0) is 54.3 Å². The van der Waals surface area contributed by atoms with Crippen LogP contribution in [0.5, 0.6) is 5.75 Å². The van der Waals surface area contributed by atoms with Gasteiger partial charge in [0.2, 0.25) is 0 Å². The third-order valence-corrected chi connectivity index (χ3v) is 8.78. The largest absolute Gasteiger partial charge is 0.496 e. The van der Waals surface area contributed by atoms with Gasteiger partial charge in [-0.15, -0.1) is 0 Å². The number of aromatic nitrogens is 1. The average Bonchev–Trinajstić information content (AvgIpc) is 3.63. The molecule has 0 unspecified atom stereocenters. The highest BCUT2D eigenvalue weighted by molar-refractivity contribution is 7.07. The number of rotatable bonds is 5. The molecule has 42 heavy (non-hydrogen) atoms. The molecule has 3 heterocycles. The lowest BCUT2D eigenvalue weighted by molar-refractivity contribution is 0.0600. The first-order valence-corrected chi connectivity index (χ1v) is 14.4. The molecule has 2 aliphatic rings. The van der Waals surface area contributed by atoms with E-state index in [4.69, 9.17) is 18.9 Å². The van der Waals surface area contributed by atoms with Gasteiger partial charge in [-0.2, -0.15) is 0 Å². The van der Waals surface area contributed by atoms with Gasteiger partial charge in [0.25, 0.3) is 5.56 Å². The van der Waals surface area contributed by atoms with Crippen LogP contribution in [0, 0.1) is 0 Å². The van der Waals surface area contributed by atoms with Gasteiger partial charge in [0.15, 0.2) is 4.80 Å². The fourth-order valence-corrected chi connectivity index (χ4v) is 6.78. The molecule has 2 aromatic heterocycles. The number of hydrogen-bond acceptors (Lipinski definition) is 7. The molecule has 0 radical (unpaired) electrons. The van der Waals surface area contributed by atoms with Gasteiger partial charge in [-0.25, -0.2) is 9.79 Å². The maximum atomic E-state index is 14.1. The summed E-state index contributed by atoms with van der Waals surface area (Å²) in [5.74, 6) is 1.52. The van der Waals surface area contributed by atoms with E-state index >= 15 is 0 Å². The lowest BCUT2D eigenvalue weighted by Gasteiger charge is -2.31. The standard InChI is InChI=1S/C34H26N2O5S/c1-39-28-10-6-5-9-25(28)31-26-17-15-20-7-3-4-8-24(20)30(26)35-34-36(31)32(37)29(42-34)19-23-16-18-27(41-23)21-11-13-22(14-12-21)33(38)40-2/h3-14,16,18-19,31H,15,17H2,1-2H3/b29-19-/t31-/m1/s1. The molecule has 0 saturated carbocycles. The Bertz CT molecular complexity index is 2060. The summed E-state index contributed by atoms with van der Waals surface area (Å²) in [7, 11) is 3.01. The lowest BCUT2D eigenvalue weighted by atomic mass is 9.83. The molecule has 208 valence electrons. The predicted molar refractivity (Wildman–Crippen MR) is 161 cm³/mol. The summed E-state index contributed by atoms with van der Waals surface area (Å²) in [6.45, 7) is 0. The van der Waals surface area contributed by atoms with Crippen molar-refractivity contribution in [1.82, 2.24) is 4.57 Å². The fraction of sp³-hybridized carbons (Fsp3) is 0.147. The highest BCUT2D eigenvalue weighted by Crippen LogP contribution is 2.43. The van der Waals surface area contributed by atoms with Crippen LogP contribution in [0.3, 0.4) is 0 Å². The number of para-hydroxylation sites is 1. The molecule has 0 fully saturated rings. The molecule has 1 atom stereocenters. The highest BCUT2D eigenvalue weighted by Gasteiger charge is 2.34. The SMILES string of the molecule is COC(=O)c1ccc(-c2ccc(/C=c3\sc4n(c3=O)[C@H](c3ccccc3OC)C3=C(N=4)c4ccccc4CC3)o2)cc1. The van der Waals surface area contributed by atoms with E-state index in [1.54, 1.807) is 42.0 Å². The monoisotopic (exact) mass is 574 g/mol. The van der Waals surface area contributed by atoms with Gasteiger partial charge in [0.05, 0.1) is 36.1 Å². The topological polar surface area (TPSA) is 83.0 Å². The Morgan fingerprint density at radius 1 is 0.976 bits per heavy atom. The Hall–Kier alpha value is -4.95. The second-order valence-corrected chi connectivity index (χ2v) is 11.1. The van der Waals surface area contributed by atoms with E-state index in [1.807, 2.05) is 42.5 Å². The second-order valence-electron chi connectivity index (χ2n) is 10.1. The van der Waals surface area contributed by atoms with Crippen molar-refractivity contribution in [2.75, 3.05) is 14.2 Å². The van der Waals surface area contributed by atoms with E-state index < -0.39 is 5.97 Å². The number of carbonyl (C=O) groups is 1. The third-order valence-electron chi connectivity index (χ3n) is 7.80. The smallest absolute Gasteiger partial charge is 0.337 e. The van der Waals surface area contributed by atoms with Crippen LogP contribution in [0.25, 0.3) is 23.1 Å². The maximum Gasteiger partial charge on any atom is 0.337 e. The summed E-state index contributed by atoms with van der Waals surface area (Å²) in [6.07, 6.45) is 3.46. The van der Waals surface area contributed by atoms with Gasteiger partial charge in [0.1, 0.15) is 17.3 Å². The van der Waals surface area contributed by atoms with Crippen molar-refractivity contribution in [3.05, 3.63) is 138 Å². The van der Waals surface area contributed by atoms with Crippen molar-refractivity contribution in [3.8, 4) is 17.1 Å². The molecule has 0 amide bonds. The van der Waals surface area contributed by atoms with Gasteiger partial charge in [0, 0.05) is 22.8 Å². The zero-order chi connectivity index (χ0) is 28.8. The summed E-state index contributed by atoms with van der Waals surface area (Å²) in [5.41, 5.74) is 6.52. The summed E-state index contributed by atoms with van der Waals surface area (Å²) in [5, 5.41) is 0. The van der Waals surface area contributed by atoms with Gasteiger partial charge in [-0.1, -0.05) is 65.9 Å². The number of methoxy groups -OCH3 is 2. The number of thiazole rings is 1. The first-order chi connectivity index (χ1) is 20.6. The number of esters is 1. The minimum Gasteiger partial charge on any atom is -0.496 e. The number of aryl methyl sites for hydroxylation is 1. The van der Waals surface area contributed by atoms with E-state index in [-0.39, 0.29) is 11.6 Å². The molecule has 8 heteroatoms. The molecule has 7 rings (SSSR count). The Kier molecular flexibility index (Phi) is 6.47. The number of carbonyl (C=O) groups excluding carboxylic acids is 1. The van der Waals surface area contributed by atoms with E-state index in [9.17, 15) is 9.59 Å². The molecule has 0 bridgehead atoms. The van der Waals surface area contributed by atoms with Crippen molar-refractivity contribution in [2.24, 2.45) is 4.99 Å². The van der Waals surface area contributed by atoms with Gasteiger partial charge >= 0.3 is 5.97 Å². The predicted octanol–water partition coefficient (Wildman–Crippen LogP) is 5.37. The zero-order valence-electron chi connectivity index (χ0n) is 23.0. The van der Waals surface area contributed by atoms with Gasteiger partial charge in [-0.3, -0.25) is 9.36 Å². The molecule has 0 saturated heterocycles. The van der Waals surface area contributed by atoms with Crippen LogP contribution >= 0.6 is 11.3 Å². The molecule has 7 nitrogen and oxygen atoms in total. The number of hydrogen-bond donors (Lipinski definition) is 0. The van der Waals surface area contributed by atoms with Crippen LogP contribution in [0.4, 0.5) is 0 Å². The molecule has 0 spiro atoms. The Morgan fingerprint density at radius 3 is 2.57 bits per heavy atom. The summed E-state index contributed by atoms with van der Waals surface area (Å²) in [6, 6.07) is 26.6. The average molecular weight is 575 g/mol. The lowest BCUT2D eigenvalue weighted by Crippen LogP contribution is -2.38. The van der Waals surface area contributed by atoms with E-state index in [0.717, 1.165) is 46.6 Å². The summed E-state index contributed by atoms with van der Waals surface area (Å²) in [4.78, 5) is 31.6. The van der Waals surface area contributed by atoms with Crippen LogP contribution in [0.2, 0.25) is 0 Å². The van der Waals surface area contributed by atoms with Crippen molar-refractivity contribution in [2.45, 2.75) is 18.9 Å². The Balaban J connectivity index is 1.35. The number of fused-ring (bicyclic) bond motifs is 3. The van der Waals surface area contributed by atoms with Crippen LogP contribution in [-0.4, -0.2) is 24.8 Å². The highest BCUT2D eigenvalue weighted by atomic mass is 32.1. The van der Waals surface area contributed by atoms with Gasteiger partial charge < -0.3 is 13.9 Å². The number of benzene rings is 3. The zero-order valence-corrected chi connectivity index (χ0v) is 23.8. The maximum absolute atomic E-state index is 14.1. The minimum absolute atomic E-state index is 0.125. The Morgan fingerprint density at radius 2 is 1.76 bits per heavy atom. The fourth-order valence-electron chi connectivity index (χ4n) is 5.79. The second kappa shape index (κ2) is 10.5. The molecule has 0 N–H and O–H groups in total. The van der Waals surface area contributed by atoms with Crippen LogP contribution in [-0.2, 0) is 11.2 Å². The first kappa shape index (κ1) is 26.0. The normalized spacial score (nSPS) is 15.9. The van der Waals surface area contributed by atoms with Crippen molar-refractivity contribution in [3.63, 3.8) is 0 Å². The molecule has 1 aliphatic carbocycles. The summed E-state index contributed by atoms with van der Waals surface area (Å²) >= 11 is 1.35. The molecular weight excluding hydrogens is 548 g/mol. The molecule has 1 aliphatic heterocycles. The minimum atomic E-state index is -0.395. The Labute approximate surface area is 245 Å². The quantitative estimate of drug-likeness (QED) is 0.264. The number of ether oxygens (including phenoxy) is 2. The van der Waals surface area contributed by atoms with Crippen molar-refractivity contribution < 1.29 is 18.7 Å². The molecule has 5 aromatic rings.